The van der Waals surface area contributed by atoms with Crippen molar-refractivity contribution in [3.63, 3.8) is 0 Å². The summed E-state index contributed by atoms with van der Waals surface area (Å²) in [4.78, 5) is 22.5. The van der Waals surface area contributed by atoms with Gasteiger partial charge in [0.25, 0.3) is 0 Å². The summed E-state index contributed by atoms with van der Waals surface area (Å²) in [6.07, 6.45) is 2.91. The molecule has 0 aliphatic heterocycles. The van der Waals surface area contributed by atoms with Crippen LogP contribution in [-0.4, -0.2) is 30.0 Å². The zero-order valence-corrected chi connectivity index (χ0v) is 12.0. The van der Waals surface area contributed by atoms with E-state index in [1.807, 2.05) is 6.92 Å². The number of benzene rings is 1. The van der Waals surface area contributed by atoms with Crippen molar-refractivity contribution in [1.29, 1.82) is 0 Å². The SMILES string of the molecule is CCCNc1cccc(NCC(=O)NC2CC2)c1[N+](=O)[O-]. The van der Waals surface area contributed by atoms with E-state index in [0.717, 1.165) is 19.3 Å². The molecule has 0 saturated heterocycles. The van der Waals surface area contributed by atoms with E-state index in [1.165, 1.54) is 0 Å². The number of hydrogen-bond donors (Lipinski definition) is 3. The lowest BCUT2D eigenvalue weighted by Gasteiger charge is -2.11. The number of rotatable bonds is 8. The maximum atomic E-state index is 11.6. The van der Waals surface area contributed by atoms with E-state index < -0.39 is 4.92 Å². The first-order chi connectivity index (χ1) is 10.1. The van der Waals surface area contributed by atoms with E-state index >= 15 is 0 Å². The second kappa shape index (κ2) is 6.92. The minimum absolute atomic E-state index is 0.0230. The Morgan fingerprint density at radius 3 is 2.57 bits per heavy atom. The van der Waals surface area contributed by atoms with Gasteiger partial charge in [0, 0.05) is 12.6 Å². The molecule has 1 amide bonds. The molecule has 1 saturated carbocycles. The average Bonchev–Trinajstić information content (AvgIpc) is 3.26. The molecule has 1 aromatic rings. The van der Waals surface area contributed by atoms with Crippen molar-refractivity contribution in [2.75, 3.05) is 23.7 Å². The second-order valence-electron chi connectivity index (χ2n) is 5.08. The highest BCUT2D eigenvalue weighted by molar-refractivity contribution is 5.84. The fraction of sp³-hybridized carbons (Fsp3) is 0.500. The number of hydrogen-bond acceptors (Lipinski definition) is 5. The lowest BCUT2D eigenvalue weighted by Crippen LogP contribution is -2.31. The van der Waals surface area contributed by atoms with Crippen molar-refractivity contribution in [2.24, 2.45) is 0 Å². The molecule has 7 nitrogen and oxygen atoms in total. The monoisotopic (exact) mass is 292 g/mol. The van der Waals surface area contributed by atoms with E-state index in [0.29, 0.717) is 17.9 Å². The van der Waals surface area contributed by atoms with Crippen LogP contribution in [0.3, 0.4) is 0 Å². The Hall–Kier alpha value is -2.31. The third-order valence-electron chi connectivity index (χ3n) is 3.17. The van der Waals surface area contributed by atoms with Crippen molar-refractivity contribution in [3.05, 3.63) is 28.3 Å². The summed E-state index contributed by atoms with van der Waals surface area (Å²) in [5.41, 5.74) is 0.798. The standard InChI is InChI=1S/C14H20N4O3/c1-2-8-15-11-4-3-5-12(14(11)18(20)21)16-9-13(19)17-10-6-7-10/h3-5,10,15-16H,2,6-9H2,1H3,(H,17,19). The van der Waals surface area contributed by atoms with Crippen LogP contribution in [0.25, 0.3) is 0 Å². The van der Waals surface area contributed by atoms with E-state index in [1.54, 1.807) is 18.2 Å². The van der Waals surface area contributed by atoms with Gasteiger partial charge >= 0.3 is 5.69 Å². The number of nitro groups is 1. The predicted octanol–water partition coefficient (Wildman–Crippen LogP) is 2.11. The van der Waals surface area contributed by atoms with E-state index in [2.05, 4.69) is 16.0 Å². The van der Waals surface area contributed by atoms with Gasteiger partial charge in [-0.3, -0.25) is 14.9 Å². The van der Waals surface area contributed by atoms with E-state index in [9.17, 15) is 14.9 Å². The summed E-state index contributed by atoms with van der Waals surface area (Å²) >= 11 is 0. The molecule has 0 radical (unpaired) electrons. The van der Waals surface area contributed by atoms with Crippen LogP contribution < -0.4 is 16.0 Å². The van der Waals surface area contributed by atoms with Gasteiger partial charge in [-0.15, -0.1) is 0 Å². The average molecular weight is 292 g/mol. The first-order valence-electron chi connectivity index (χ1n) is 7.16. The van der Waals surface area contributed by atoms with Gasteiger partial charge in [-0.2, -0.15) is 0 Å². The van der Waals surface area contributed by atoms with E-state index in [4.69, 9.17) is 0 Å². The van der Waals surface area contributed by atoms with Crippen molar-refractivity contribution in [3.8, 4) is 0 Å². The van der Waals surface area contributed by atoms with E-state index in [-0.39, 0.29) is 24.2 Å². The normalized spacial score (nSPS) is 13.6. The molecule has 3 N–H and O–H groups in total. The van der Waals surface area contributed by atoms with Gasteiger partial charge in [-0.1, -0.05) is 13.0 Å². The number of nitro benzene ring substituents is 1. The number of nitrogens with one attached hydrogen (secondary N) is 3. The van der Waals surface area contributed by atoms with Gasteiger partial charge < -0.3 is 16.0 Å². The topological polar surface area (TPSA) is 96.3 Å². The van der Waals surface area contributed by atoms with Crippen LogP contribution in [0.5, 0.6) is 0 Å². The zero-order chi connectivity index (χ0) is 15.2. The Bertz CT molecular complexity index is 529. The van der Waals surface area contributed by atoms with Crippen LogP contribution in [0.1, 0.15) is 26.2 Å². The van der Waals surface area contributed by atoms with Gasteiger partial charge in [-0.25, -0.2) is 0 Å². The molecule has 114 valence electrons. The van der Waals surface area contributed by atoms with Crippen molar-refractivity contribution in [2.45, 2.75) is 32.2 Å². The summed E-state index contributed by atoms with van der Waals surface area (Å²) in [5.74, 6) is -0.140. The number of carbonyl (C=O) groups is 1. The Kier molecular flexibility index (Phi) is 4.97. The molecule has 0 aromatic heterocycles. The van der Waals surface area contributed by atoms with Gasteiger partial charge in [-0.05, 0) is 31.4 Å². The third-order valence-corrected chi connectivity index (χ3v) is 3.17. The maximum absolute atomic E-state index is 11.6. The largest absolute Gasteiger partial charge is 0.379 e. The van der Waals surface area contributed by atoms with Gasteiger partial charge in [0.2, 0.25) is 5.91 Å². The van der Waals surface area contributed by atoms with Gasteiger partial charge in [0.05, 0.1) is 11.5 Å². The second-order valence-corrected chi connectivity index (χ2v) is 5.08. The Labute approximate surface area is 123 Å². The summed E-state index contributed by atoms with van der Waals surface area (Å²) in [7, 11) is 0. The van der Waals surface area contributed by atoms with Crippen molar-refractivity contribution < 1.29 is 9.72 Å². The molecular formula is C14H20N4O3. The smallest absolute Gasteiger partial charge is 0.315 e. The van der Waals surface area contributed by atoms with Gasteiger partial charge in [0.15, 0.2) is 0 Å². The minimum atomic E-state index is -0.431. The fourth-order valence-electron chi connectivity index (χ4n) is 1.97. The van der Waals surface area contributed by atoms with Crippen LogP contribution >= 0.6 is 0 Å². The van der Waals surface area contributed by atoms with Crippen molar-refractivity contribution >= 4 is 23.0 Å². The van der Waals surface area contributed by atoms with Crippen LogP contribution in [0.4, 0.5) is 17.1 Å². The molecule has 1 aromatic carbocycles. The highest BCUT2D eigenvalue weighted by Crippen LogP contribution is 2.32. The molecule has 0 unspecified atom stereocenters. The first-order valence-corrected chi connectivity index (χ1v) is 7.16. The molecule has 0 bridgehead atoms. The Morgan fingerprint density at radius 2 is 2.00 bits per heavy atom. The molecule has 1 aliphatic carbocycles. The molecule has 2 rings (SSSR count). The lowest BCUT2D eigenvalue weighted by atomic mass is 10.2. The molecule has 0 heterocycles. The van der Waals surface area contributed by atoms with Crippen LogP contribution in [0.2, 0.25) is 0 Å². The van der Waals surface area contributed by atoms with Crippen LogP contribution in [0.15, 0.2) is 18.2 Å². The lowest BCUT2D eigenvalue weighted by molar-refractivity contribution is -0.383. The number of nitrogens with zero attached hydrogens (tertiary/aromatic N) is 1. The number of carbonyl (C=O) groups excluding carboxylic acids is 1. The maximum Gasteiger partial charge on any atom is 0.315 e. The third kappa shape index (κ3) is 4.34. The molecule has 0 atom stereocenters. The first kappa shape index (κ1) is 15.1. The predicted molar refractivity (Wildman–Crippen MR) is 81.5 cm³/mol. The van der Waals surface area contributed by atoms with Crippen molar-refractivity contribution in [1.82, 2.24) is 5.32 Å². The highest BCUT2D eigenvalue weighted by atomic mass is 16.6. The summed E-state index contributed by atoms with van der Waals surface area (Å²) in [6.45, 7) is 2.68. The van der Waals surface area contributed by atoms with Crippen LogP contribution in [-0.2, 0) is 4.79 Å². The highest BCUT2D eigenvalue weighted by Gasteiger charge is 2.24. The molecule has 0 spiro atoms. The number of para-hydroxylation sites is 1. The molecule has 7 heteroatoms. The number of amides is 1. The minimum Gasteiger partial charge on any atom is -0.379 e. The fourth-order valence-corrected chi connectivity index (χ4v) is 1.97. The molecule has 1 aliphatic rings. The molecular weight excluding hydrogens is 272 g/mol. The summed E-state index contributed by atoms with van der Waals surface area (Å²) in [6, 6.07) is 5.29. The molecule has 21 heavy (non-hydrogen) atoms. The quantitative estimate of drug-likeness (QED) is 0.503. The Morgan fingerprint density at radius 1 is 1.33 bits per heavy atom. The summed E-state index contributed by atoms with van der Waals surface area (Å²) in [5, 5.41) is 20.0. The molecule has 1 fully saturated rings. The van der Waals surface area contributed by atoms with Crippen LogP contribution in [0, 0.1) is 10.1 Å². The number of anilines is 2. The van der Waals surface area contributed by atoms with Gasteiger partial charge in [0.1, 0.15) is 11.4 Å². The zero-order valence-electron chi connectivity index (χ0n) is 12.0. The summed E-state index contributed by atoms with van der Waals surface area (Å²) < 4.78 is 0. The Balaban J connectivity index is 2.05.